The Balaban J connectivity index is 2.60. The molecule has 1 amide bonds. The van der Waals surface area contributed by atoms with Crippen LogP contribution in [0.1, 0.15) is 18.9 Å². The van der Waals surface area contributed by atoms with Gasteiger partial charge in [0.2, 0.25) is 5.91 Å². The van der Waals surface area contributed by atoms with Gasteiger partial charge in [0, 0.05) is 28.8 Å². The average Bonchev–Trinajstić information content (AvgIpc) is 2.37. The van der Waals surface area contributed by atoms with Gasteiger partial charge in [0.15, 0.2) is 0 Å². The van der Waals surface area contributed by atoms with E-state index in [-0.39, 0.29) is 12.5 Å². The van der Waals surface area contributed by atoms with Gasteiger partial charge < -0.3 is 10.4 Å². The summed E-state index contributed by atoms with van der Waals surface area (Å²) in [6.07, 6.45) is 0.453. The number of anilines is 1. The fourth-order valence-electron chi connectivity index (χ4n) is 1.45. The molecule has 0 aliphatic rings. The van der Waals surface area contributed by atoms with Crippen LogP contribution < -0.4 is 5.32 Å². The normalized spacial score (nSPS) is 13.9. The molecule has 18 heavy (non-hydrogen) atoms. The van der Waals surface area contributed by atoms with Crippen molar-refractivity contribution >= 4 is 22.4 Å². The second kappa shape index (κ2) is 7.28. The number of amides is 1. The lowest BCUT2D eigenvalue weighted by molar-refractivity contribution is -0.115. The lowest BCUT2D eigenvalue weighted by Crippen LogP contribution is -2.30. The van der Waals surface area contributed by atoms with E-state index in [9.17, 15) is 9.00 Å². The first kappa shape index (κ1) is 14.9. The van der Waals surface area contributed by atoms with Crippen LogP contribution in [0.3, 0.4) is 0 Å². The smallest absolute Gasteiger partial charge is 0.239 e. The van der Waals surface area contributed by atoms with Crippen LogP contribution in [0, 0.1) is 6.92 Å². The van der Waals surface area contributed by atoms with E-state index in [1.54, 1.807) is 6.92 Å². The number of carbonyl (C=O) groups is 1. The molecule has 2 atom stereocenters. The largest absolute Gasteiger partial charge is 0.396 e. The molecule has 0 spiro atoms. The molecule has 0 aliphatic carbocycles. The first-order chi connectivity index (χ1) is 8.56. The zero-order valence-corrected chi connectivity index (χ0v) is 11.5. The van der Waals surface area contributed by atoms with Crippen molar-refractivity contribution in [2.75, 3.05) is 17.7 Å². The maximum absolute atomic E-state index is 11.9. The minimum atomic E-state index is -1.25. The summed E-state index contributed by atoms with van der Waals surface area (Å²) >= 11 is 0. The Morgan fingerprint density at radius 2 is 2.11 bits per heavy atom. The van der Waals surface area contributed by atoms with E-state index < -0.39 is 16.0 Å². The molecule has 1 aromatic carbocycles. The van der Waals surface area contributed by atoms with Crippen LogP contribution in [0.4, 0.5) is 5.69 Å². The van der Waals surface area contributed by atoms with E-state index >= 15 is 0 Å². The van der Waals surface area contributed by atoms with Crippen molar-refractivity contribution < 1.29 is 14.1 Å². The van der Waals surface area contributed by atoms with Crippen LogP contribution in [0.5, 0.6) is 0 Å². The number of para-hydroxylation sites is 1. The van der Waals surface area contributed by atoms with E-state index in [1.807, 2.05) is 31.2 Å². The molecule has 0 bridgehead atoms. The summed E-state index contributed by atoms with van der Waals surface area (Å²) in [6, 6.07) is 7.46. The molecule has 4 nitrogen and oxygen atoms in total. The minimum absolute atomic E-state index is 0.00211. The molecular formula is C13H19NO3S. The van der Waals surface area contributed by atoms with E-state index in [0.29, 0.717) is 12.2 Å². The Morgan fingerprint density at radius 1 is 1.44 bits per heavy atom. The SMILES string of the molecule is Cc1ccccc1NC(=O)C(C)S(=O)CCCO. The molecule has 0 heterocycles. The van der Waals surface area contributed by atoms with Crippen molar-refractivity contribution in [1.29, 1.82) is 0 Å². The molecule has 1 rings (SSSR count). The number of aryl methyl sites for hydroxylation is 1. The summed E-state index contributed by atoms with van der Waals surface area (Å²) in [5, 5.41) is 10.9. The standard InChI is InChI=1S/C13H19NO3S/c1-10-6-3-4-7-12(10)14-13(16)11(2)18(17)9-5-8-15/h3-4,6-7,11,15H,5,8-9H2,1-2H3,(H,14,16). The summed E-state index contributed by atoms with van der Waals surface area (Å²) in [7, 11) is -1.25. The number of hydrogen-bond acceptors (Lipinski definition) is 3. The van der Waals surface area contributed by atoms with E-state index in [0.717, 1.165) is 11.3 Å². The molecule has 0 fully saturated rings. The molecule has 2 unspecified atom stereocenters. The van der Waals surface area contributed by atoms with Crippen LogP contribution in [0.2, 0.25) is 0 Å². The predicted octanol–water partition coefficient (Wildman–Crippen LogP) is 1.45. The van der Waals surface area contributed by atoms with Crippen LogP contribution >= 0.6 is 0 Å². The monoisotopic (exact) mass is 269 g/mol. The Hall–Kier alpha value is -1.20. The van der Waals surface area contributed by atoms with Crippen LogP contribution in [-0.2, 0) is 15.6 Å². The zero-order valence-electron chi connectivity index (χ0n) is 10.7. The summed E-state index contributed by atoms with van der Waals surface area (Å²) in [6.45, 7) is 3.54. The first-order valence-electron chi connectivity index (χ1n) is 5.90. The van der Waals surface area contributed by atoms with E-state index in [1.165, 1.54) is 0 Å². The summed E-state index contributed by atoms with van der Waals surface area (Å²) in [5.41, 5.74) is 1.72. The van der Waals surface area contributed by atoms with Crippen molar-refractivity contribution in [2.45, 2.75) is 25.5 Å². The van der Waals surface area contributed by atoms with Crippen LogP contribution in [-0.4, -0.2) is 32.8 Å². The summed E-state index contributed by atoms with van der Waals surface area (Å²) < 4.78 is 11.8. The second-order valence-electron chi connectivity index (χ2n) is 4.11. The van der Waals surface area contributed by atoms with Gasteiger partial charge in [-0.05, 0) is 31.9 Å². The number of rotatable bonds is 6. The van der Waals surface area contributed by atoms with E-state index in [2.05, 4.69) is 5.32 Å². The summed E-state index contributed by atoms with van der Waals surface area (Å²) in [5.74, 6) is 0.0966. The molecule has 0 aromatic heterocycles. The Kier molecular flexibility index (Phi) is 6.01. The quantitative estimate of drug-likeness (QED) is 0.821. The fraction of sp³-hybridized carbons (Fsp3) is 0.462. The Morgan fingerprint density at radius 3 is 2.72 bits per heavy atom. The molecule has 5 heteroatoms. The third-order valence-electron chi connectivity index (χ3n) is 2.67. The van der Waals surface area contributed by atoms with Crippen LogP contribution in [0.25, 0.3) is 0 Å². The highest BCUT2D eigenvalue weighted by Crippen LogP contribution is 2.14. The number of hydrogen-bond donors (Lipinski definition) is 2. The van der Waals surface area contributed by atoms with E-state index in [4.69, 9.17) is 5.11 Å². The van der Waals surface area contributed by atoms with Gasteiger partial charge >= 0.3 is 0 Å². The maximum atomic E-state index is 11.9. The summed E-state index contributed by atoms with van der Waals surface area (Å²) in [4.78, 5) is 11.9. The Bertz CT molecular complexity index is 434. The number of nitrogens with one attached hydrogen (secondary N) is 1. The molecule has 0 aliphatic heterocycles. The molecule has 0 saturated heterocycles. The molecule has 100 valence electrons. The highest BCUT2D eigenvalue weighted by molar-refractivity contribution is 7.86. The number of aliphatic hydroxyl groups excluding tert-OH is 1. The van der Waals surface area contributed by atoms with Gasteiger partial charge in [-0.25, -0.2) is 0 Å². The predicted molar refractivity (Wildman–Crippen MR) is 74.0 cm³/mol. The average molecular weight is 269 g/mol. The number of aliphatic hydroxyl groups is 1. The molecule has 2 N–H and O–H groups in total. The maximum Gasteiger partial charge on any atom is 0.239 e. The second-order valence-corrected chi connectivity index (χ2v) is 5.99. The van der Waals surface area contributed by atoms with Gasteiger partial charge in [-0.3, -0.25) is 9.00 Å². The third-order valence-corrected chi connectivity index (χ3v) is 4.36. The molecule has 1 aromatic rings. The van der Waals surface area contributed by atoms with Crippen LogP contribution in [0.15, 0.2) is 24.3 Å². The highest BCUT2D eigenvalue weighted by atomic mass is 32.2. The van der Waals surface area contributed by atoms with Gasteiger partial charge in [0.05, 0.1) is 0 Å². The lowest BCUT2D eigenvalue weighted by Gasteiger charge is -2.13. The van der Waals surface area contributed by atoms with Gasteiger partial charge in [-0.15, -0.1) is 0 Å². The number of carbonyl (C=O) groups excluding carboxylic acids is 1. The van der Waals surface area contributed by atoms with Gasteiger partial charge in [-0.1, -0.05) is 18.2 Å². The van der Waals surface area contributed by atoms with Crippen molar-refractivity contribution in [1.82, 2.24) is 0 Å². The molecule has 0 saturated carbocycles. The zero-order chi connectivity index (χ0) is 13.5. The topological polar surface area (TPSA) is 66.4 Å². The fourth-order valence-corrected chi connectivity index (χ4v) is 2.52. The van der Waals surface area contributed by atoms with Crippen molar-refractivity contribution in [3.63, 3.8) is 0 Å². The van der Waals surface area contributed by atoms with Crippen molar-refractivity contribution in [3.05, 3.63) is 29.8 Å². The van der Waals surface area contributed by atoms with Crippen molar-refractivity contribution in [3.8, 4) is 0 Å². The Labute approximate surface area is 110 Å². The third kappa shape index (κ3) is 4.23. The molecule has 0 radical (unpaired) electrons. The van der Waals surface area contributed by atoms with Gasteiger partial charge in [-0.2, -0.15) is 0 Å². The van der Waals surface area contributed by atoms with Gasteiger partial charge in [0.25, 0.3) is 0 Å². The van der Waals surface area contributed by atoms with Gasteiger partial charge in [0.1, 0.15) is 5.25 Å². The number of benzene rings is 1. The van der Waals surface area contributed by atoms with Crippen molar-refractivity contribution in [2.24, 2.45) is 0 Å². The lowest BCUT2D eigenvalue weighted by atomic mass is 10.2. The highest BCUT2D eigenvalue weighted by Gasteiger charge is 2.19. The first-order valence-corrected chi connectivity index (χ1v) is 7.29. The minimum Gasteiger partial charge on any atom is -0.396 e. The molecular weight excluding hydrogens is 250 g/mol.